The molecule has 1 aromatic heterocycles. The SMILES string of the molecule is COc1cc(Cl)ccc1C(=O)c1c[nH]c2ccccc12. The number of carbonyl (C=O) groups excluding carboxylic acids is 1. The number of hydrogen-bond acceptors (Lipinski definition) is 2. The van der Waals surface area contributed by atoms with E-state index in [0.717, 1.165) is 10.9 Å². The van der Waals surface area contributed by atoms with E-state index >= 15 is 0 Å². The molecule has 4 heteroatoms. The number of benzene rings is 2. The zero-order valence-corrected chi connectivity index (χ0v) is 11.6. The van der Waals surface area contributed by atoms with Crippen LogP contribution < -0.4 is 4.74 Å². The number of rotatable bonds is 3. The van der Waals surface area contributed by atoms with Gasteiger partial charge in [0.15, 0.2) is 5.78 Å². The van der Waals surface area contributed by atoms with Gasteiger partial charge in [0.05, 0.1) is 12.7 Å². The minimum Gasteiger partial charge on any atom is -0.496 e. The van der Waals surface area contributed by atoms with Gasteiger partial charge in [-0.1, -0.05) is 29.8 Å². The van der Waals surface area contributed by atoms with Gasteiger partial charge in [0.25, 0.3) is 0 Å². The lowest BCUT2D eigenvalue weighted by molar-refractivity contribution is 0.103. The van der Waals surface area contributed by atoms with E-state index < -0.39 is 0 Å². The van der Waals surface area contributed by atoms with Crippen molar-refractivity contribution in [2.45, 2.75) is 0 Å². The molecule has 0 aliphatic heterocycles. The first-order chi connectivity index (χ1) is 9.70. The Balaban J connectivity index is 2.13. The Morgan fingerprint density at radius 1 is 1.15 bits per heavy atom. The van der Waals surface area contributed by atoms with Crippen LogP contribution in [0.4, 0.5) is 0 Å². The van der Waals surface area contributed by atoms with Gasteiger partial charge in [0.1, 0.15) is 5.75 Å². The molecular formula is C16H12ClNO2. The van der Waals surface area contributed by atoms with E-state index in [-0.39, 0.29) is 5.78 Å². The van der Waals surface area contributed by atoms with Crippen LogP contribution in [-0.4, -0.2) is 17.9 Å². The zero-order valence-electron chi connectivity index (χ0n) is 10.8. The summed E-state index contributed by atoms with van der Waals surface area (Å²) in [5, 5.41) is 1.44. The van der Waals surface area contributed by atoms with Crippen LogP contribution in [0.2, 0.25) is 5.02 Å². The number of ether oxygens (including phenoxy) is 1. The summed E-state index contributed by atoms with van der Waals surface area (Å²) in [6.45, 7) is 0. The number of nitrogens with one attached hydrogen (secondary N) is 1. The van der Waals surface area contributed by atoms with Crippen molar-refractivity contribution in [1.29, 1.82) is 0 Å². The normalized spacial score (nSPS) is 10.7. The van der Waals surface area contributed by atoms with Crippen molar-refractivity contribution in [3.63, 3.8) is 0 Å². The van der Waals surface area contributed by atoms with Crippen LogP contribution >= 0.6 is 11.6 Å². The summed E-state index contributed by atoms with van der Waals surface area (Å²) in [5.41, 5.74) is 2.06. The Hall–Kier alpha value is -2.26. The Bertz CT molecular complexity index is 792. The van der Waals surface area contributed by atoms with Gasteiger partial charge in [-0.3, -0.25) is 4.79 Å². The number of hydrogen-bond donors (Lipinski definition) is 1. The predicted molar refractivity (Wildman–Crippen MR) is 79.7 cm³/mol. The minimum atomic E-state index is -0.0871. The van der Waals surface area contributed by atoms with E-state index in [9.17, 15) is 4.79 Å². The third-order valence-electron chi connectivity index (χ3n) is 3.24. The summed E-state index contributed by atoms with van der Waals surface area (Å²) in [6.07, 6.45) is 1.72. The molecule has 0 aliphatic carbocycles. The molecule has 0 aliphatic rings. The lowest BCUT2D eigenvalue weighted by Gasteiger charge is -2.07. The van der Waals surface area contributed by atoms with Gasteiger partial charge in [-0.2, -0.15) is 0 Å². The van der Waals surface area contributed by atoms with Crippen molar-refractivity contribution in [2.75, 3.05) is 7.11 Å². The van der Waals surface area contributed by atoms with E-state index in [1.54, 1.807) is 24.4 Å². The number of aromatic amines is 1. The number of para-hydroxylation sites is 1. The number of aromatic nitrogens is 1. The highest BCUT2D eigenvalue weighted by Gasteiger charge is 2.18. The Morgan fingerprint density at radius 2 is 1.95 bits per heavy atom. The maximum Gasteiger partial charge on any atom is 0.198 e. The molecule has 3 rings (SSSR count). The van der Waals surface area contributed by atoms with Crippen LogP contribution in [-0.2, 0) is 0 Å². The smallest absolute Gasteiger partial charge is 0.198 e. The fourth-order valence-corrected chi connectivity index (χ4v) is 2.42. The zero-order chi connectivity index (χ0) is 14.1. The highest BCUT2D eigenvalue weighted by Crippen LogP contribution is 2.28. The fourth-order valence-electron chi connectivity index (χ4n) is 2.26. The monoisotopic (exact) mass is 285 g/mol. The quantitative estimate of drug-likeness (QED) is 0.737. The second-order valence-electron chi connectivity index (χ2n) is 4.42. The number of fused-ring (bicyclic) bond motifs is 1. The van der Waals surface area contributed by atoms with Gasteiger partial charge < -0.3 is 9.72 Å². The summed E-state index contributed by atoms with van der Waals surface area (Å²) in [4.78, 5) is 15.8. The third kappa shape index (κ3) is 2.06. The number of halogens is 1. The molecule has 20 heavy (non-hydrogen) atoms. The molecule has 1 heterocycles. The fraction of sp³-hybridized carbons (Fsp3) is 0.0625. The molecule has 3 nitrogen and oxygen atoms in total. The van der Waals surface area contributed by atoms with Crippen LogP contribution in [0, 0.1) is 0 Å². The van der Waals surface area contributed by atoms with E-state index in [1.165, 1.54) is 7.11 Å². The molecule has 1 N–H and O–H groups in total. The topological polar surface area (TPSA) is 42.1 Å². The van der Waals surface area contributed by atoms with Gasteiger partial charge in [-0.15, -0.1) is 0 Å². The summed E-state index contributed by atoms with van der Waals surface area (Å²) in [7, 11) is 1.53. The van der Waals surface area contributed by atoms with Gasteiger partial charge in [-0.25, -0.2) is 0 Å². The van der Waals surface area contributed by atoms with Crippen molar-refractivity contribution in [3.05, 3.63) is 64.8 Å². The van der Waals surface area contributed by atoms with Gasteiger partial charge in [0.2, 0.25) is 0 Å². The number of ketones is 1. The minimum absolute atomic E-state index is 0.0871. The first kappa shape index (κ1) is 12.8. The Labute approximate surface area is 121 Å². The molecule has 0 fully saturated rings. The predicted octanol–water partition coefficient (Wildman–Crippen LogP) is 4.06. The largest absolute Gasteiger partial charge is 0.496 e. The molecule has 0 atom stereocenters. The molecule has 0 unspecified atom stereocenters. The van der Waals surface area contributed by atoms with Crippen molar-refractivity contribution >= 4 is 28.3 Å². The second kappa shape index (κ2) is 5.02. The third-order valence-corrected chi connectivity index (χ3v) is 3.48. The van der Waals surface area contributed by atoms with Gasteiger partial charge >= 0.3 is 0 Å². The van der Waals surface area contributed by atoms with Crippen molar-refractivity contribution in [1.82, 2.24) is 4.98 Å². The first-order valence-electron chi connectivity index (χ1n) is 6.15. The summed E-state index contributed by atoms with van der Waals surface area (Å²) >= 11 is 5.92. The average Bonchev–Trinajstić information content (AvgIpc) is 2.90. The van der Waals surface area contributed by atoms with Crippen LogP contribution in [0.3, 0.4) is 0 Å². The standard InChI is InChI=1S/C16H12ClNO2/c1-20-15-8-10(17)6-7-12(15)16(19)13-9-18-14-5-3-2-4-11(13)14/h2-9,18H,1H3. The van der Waals surface area contributed by atoms with E-state index in [0.29, 0.717) is 21.9 Å². The van der Waals surface area contributed by atoms with Crippen LogP contribution in [0.15, 0.2) is 48.7 Å². The molecule has 3 aromatic rings. The highest BCUT2D eigenvalue weighted by molar-refractivity contribution is 6.31. The van der Waals surface area contributed by atoms with Gasteiger partial charge in [0, 0.05) is 27.7 Å². The number of carbonyl (C=O) groups is 1. The van der Waals surface area contributed by atoms with Crippen molar-refractivity contribution < 1.29 is 9.53 Å². The lowest BCUT2D eigenvalue weighted by atomic mass is 10.0. The maximum atomic E-state index is 12.7. The molecule has 100 valence electrons. The summed E-state index contributed by atoms with van der Waals surface area (Å²) in [5.74, 6) is 0.392. The van der Waals surface area contributed by atoms with Crippen molar-refractivity contribution in [3.8, 4) is 5.75 Å². The van der Waals surface area contributed by atoms with Gasteiger partial charge in [-0.05, 0) is 24.3 Å². The summed E-state index contributed by atoms with van der Waals surface area (Å²) < 4.78 is 5.24. The van der Waals surface area contributed by atoms with Crippen molar-refractivity contribution in [2.24, 2.45) is 0 Å². The molecule has 2 aromatic carbocycles. The van der Waals surface area contributed by atoms with Crippen LogP contribution in [0.5, 0.6) is 5.75 Å². The van der Waals surface area contributed by atoms with E-state index in [1.807, 2.05) is 24.3 Å². The molecule has 0 saturated carbocycles. The Kier molecular flexibility index (Phi) is 3.20. The average molecular weight is 286 g/mol. The molecular weight excluding hydrogens is 274 g/mol. The van der Waals surface area contributed by atoms with E-state index in [2.05, 4.69) is 4.98 Å². The molecule has 0 amide bonds. The highest BCUT2D eigenvalue weighted by atomic mass is 35.5. The maximum absolute atomic E-state index is 12.7. The molecule has 0 spiro atoms. The lowest BCUT2D eigenvalue weighted by Crippen LogP contribution is -2.03. The molecule has 0 saturated heterocycles. The number of H-pyrrole nitrogens is 1. The van der Waals surface area contributed by atoms with E-state index in [4.69, 9.17) is 16.3 Å². The summed E-state index contributed by atoms with van der Waals surface area (Å²) in [6, 6.07) is 12.7. The Morgan fingerprint density at radius 3 is 2.75 bits per heavy atom. The molecule has 0 bridgehead atoms. The first-order valence-corrected chi connectivity index (χ1v) is 6.53. The second-order valence-corrected chi connectivity index (χ2v) is 4.86. The van der Waals surface area contributed by atoms with Crippen LogP contribution in [0.1, 0.15) is 15.9 Å². The molecule has 0 radical (unpaired) electrons. The van der Waals surface area contributed by atoms with Crippen LogP contribution in [0.25, 0.3) is 10.9 Å². The number of methoxy groups -OCH3 is 1.